The Balaban J connectivity index is 1.78. The lowest BCUT2D eigenvalue weighted by Gasteiger charge is -2.30. The highest BCUT2D eigenvalue weighted by molar-refractivity contribution is 7.92. The summed E-state index contributed by atoms with van der Waals surface area (Å²) < 4.78 is 31.1. The first-order valence-corrected chi connectivity index (χ1v) is 11.3. The Hall–Kier alpha value is -2.91. The highest BCUT2D eigenvalue weighted by atomic mass is 35.5. The van der Waals surface area contributed by atoms with Gasteiger partial charge in [0.15, 0.2) is 0 Å². The van der Waals surface area contributed by atoms with Crippen molar-refractivity contribution < 1.29 is 17.7 Å². The van der Waals surface area contributed by atoms with E-state index in [0.29, 0.717) is 16.5 Å². The van der Waals surface area contributed by atoms with Crippen molar-refractivity contribution >= 4 is 33.2 Å². The predicted octanol–water partition coefficient (Wildman–Crippen LogP) is 3.20. The molecule has 0 saturated carbocycles. The van der Waals surface area contributed by atoms with Crippen LogP contribution in [0.15, 0.2) is 59.1 Å². The van der Waals surface area contributed by atoms with E-state index in [4.69, 9.17) is 16.1 Å². The number of sulfonamides is 1. The van der Waals surface area contributed by atoms with Crippen molar-refractivity contribution in [2.75, 3.05) is 17.6 Å². The largest absolute Gasteiger partial charge is 0.337 e. The van der Waals surface area contributed by atoms with Crippen LogP contribution in [-0.4, -0.2) is 48.7 Å². The van der Waals surface area contributed by atoms with Crippen LogP contribution in [0.1, 0.15) is 12.8 Å². The Kier molecular flexibility index (Phi) is 6.42. The maximum absolute atomic E-state index is 13.0. The summed E-state index contributed by atoms with van der Waals surface area (Å²) in [6.45, 7) is 1.56. The highest BCUT2D eigenvalue weighted by Crippen LogP contribution is 2.25. The number of nitrogens with zero attached hydrogens (tertiary/aromatic N) is 4. The van der Waals surface area contributed by atoms with Crippen molar-refractivity contribution in [3.63, 3.8) is 0 Å². The van der Waals surface area contributed by atoms with E-state index in [-0.39, 0.29) is 12.4 Å². The first kappa shape index (κ1) is 21.8. The molecule has 3 aromatic rings. The van der Waals surface area contributed by atoms with Crippen LogP contribution in [0.5, 0.6) is 0 Å². The molecule has 0 aliphatic rings. The number of hydrogen-bond acceptors (Lipinski definition) is 6. The minimum atomic E-state index is -3.74. The first-order chi connectivity index (χ1) is 14.2. The summed E-state index contributed by atoms with van der Waals surface area (Å²) >= 11 is 6.00. The fourth-order valence-corrected chi connectivity index (χ4v) is 4.38. The van der Waals surface area contributed by atoms with Gasteiger partial charge in [-0.2, -0.15) is 4.98 Å². The third-order valence-electron chi connectivity index (χ3n) is 4.38. The summed E-state index contributed by atoms with van der Waals surface area (Å²) in [5, 5.41) is 4.30. The van der Waals surface area contributed by atoms with Crippen LogP contribution < -0.4 is 4.31 Å². The molecular formula is C20H21ClN4O4S. The normalized spacial score (nSPS) is 12.4. The van der Waals surface area contributed by atoms with Gasteiger partial charge in [0.05, 0.1) is 18.5 Å². The molecule has 30 heavy (non-hydrogen) atoms. The number of halogens is 1. The van der Waals surface area contributed by atoms with E-state index in [1.807, 2.05) is 30.3 Å². The van der Waals surface area contributed by atoms with Crippen LogP contribution in [-0.2, 0) is 21.4 Å². The molecule has 0 fully saturated rings. The van der Waals surface area contributed by atoms with Crippen molar-refractivity contribution in [1.29, 1.82) is 0 Å². The molecular weight excluding hydrogens is 428 g/mol. The van der Waals surface area contributed by atoms with E-state index in [1.54, 1.807) is 25.2 Å². The second kappa shape index (κ2) is 8.85. The Morgan fingerprint density at radius 2 is 1.87 bits per heavy atom. The Labute approximate surface area is 180 Å². The van der Waals surface area contributed by atoms with Gasteiger partial charge in [-0.3, -0.25) is 9.10 Å². The second-order valence-electron chi connectivity index (χ2n) is 6.79. The number of anilines is 1. The predicted molar refractivity (Wildman–Crippen MR) is 114 cm³/mol. The number of likely N-dealkylation sites (N-methyl/N-ethyl adjacent to an activating group) is 1. The molecule has 10 heteroatoms. The molecule has 0 spiro atoms. The standard InChI is InChI=1S/C20H21ClN4O4S/c1-14(25(30(3,27)28)17-11-7-10-16(21)12-17)20(26)24(2)13-18-22-19(23-29-18)15-8-5-4-6-9-15/h4-12,14H,13H2,1-3H3. The first-order valence-electron chi connectivity index (χ1n) is 9.05. The molecule has 3 rings (SSSR count). The highest BCUT2D eigenvalue weighted by Gasteiger charge is 2.31. The van der Waals surface area contributed by atoms with E-state index in [2.05, 4.69) is 10.1 Å². The maximum Gasteiger partial charge on any atom is 0.246 e. The molecule has 1 unspecified atom stereocenters. The maximum atomic E-state index is 13.0. The van der Waals surface area contributed by atoms with Crippen molar-refractivity contribution in [3.05, 3.63) is 65.5 Å². The van der Waals surface area contributed by atoms with Gasteiger partial charge in [0, 0.05) is 17.6 Å². The minimum absolute atomic E-state index is 0.0379. The van der Waals surface area contributed by atoms with Gasteiger partial charge < -0.3 is 9.42 Å². The van der Waals surface area contributed by atoms with Crippen molar-refractivity contribution in [2.45, 2.75) is 19.5 Å². The summed E-state index contributed by atoms with van der Waals surface area (Å²) in [5.41, 5.74) is 1.10. The average molecular weight is 449 g/mol. The van der Waals surface area contributed by atoms with Gasteiger partial charge >= 0.3 is 0 Å². The molecule has 1 heterocycles. The zero-order valence-electron chi connectivity index (χ0n) is 16.7. The molecule has 0 aliphatic carbocycles. The zero-order valence-corrected chi connectivity index (χ0v) is 18.3. The van der Waals surface area contributed by atoms with Crippen LogP contribution in [0, 0.1) is 0 Å². The quantitative estimate of drug-likeness (QED) is 0.550. The zero-order chi connectivity index (χ0) is 21.9. The van der Waals surface area contributed by atoms with Crippen molar-refractivity contribution in [3.8, 4) is 11.4 Å². The van der Waals surface area contributed by atoms with Crippen LogP contribution >= 0.6 is 11.6 Å². The molecule has 0 N–H and O–H groups in total. The van der Waals surface area contributed by atoms with Crippen LogP contribution in [0.25, 0.3) is 11.4 Å². The van der Waals surface area contributed by atoms with E-state index < -0.39 is 22.0 Å². The fourth-order valence-electron chi connectivity index (χ4n) is 3.04. The van der Waals surface area contributed by atoms with E-state index in [9.17, 15) is 13.2 Å². The van der Waals surface area contributed by atoms with Gasteiger partial charge in [0.2, 0.25) is 27.6 Å². The summed E-state index contributed by atoms with van der Waals surface area (Å²) in [6.07, 6.45) is 1.04. The number of carbonyl (C=O) groups is 1. The lowest BCUT2D eigenvalue weighted by atomic mass is 10.2. The summed E-state index contributed by atoms with van der Waals surface area (Å²) in [7, 11) is -2.20. The molecule has 0 radical (unpaired) electrons. The number of hydrogen-bond donors (Lipinski definition) is 0. The smallest absolute Gasteiger partial charge is 0.246 e. The van der Waals surface area contributed by atoms with Gasteiger partial charge in [-0.1, -0.05) is 53.2 Å². The number of rotatable bonds is 7. The van der Waals surface area contributed by atoms with Crippen molar-refractivity contribution in [2.24, 2.45) is 0 Å². The SMILES string of the molecule is CC(C(=O)N(C)Cc1nc(-c2ccccc2)no1)N(c1cccc(Cl)c1)S(C)(=O)=O. The second-order valence-corrected chi connectivity index (χ2v) is 9.08. The van der Waals surface area contributed by atoms with E-state index >= 15 is 0 Å². The molecule has 2 aromatic carbocycles. The van der Waals surface area contributed by atoms with Crippen LogP contribution in [0.4, 0.5) is 5.69 Å². The lowest BCUT2D eigenvalue weighted by molar-refractivity contribution is -0.131. The number of aromatic nitrogens is 2. The summed E-state index contributed by atoms with van der Waals surface area (Å²) in [5.74, 6) is 0.224. The van der Waals surface area contributed by atoms with Gasteiger partial charge in [-0.25, -0.2) is 8.42 Å². The Morgan fingerprint density at radius 3 is 2.50 bits per heavy atom. The van der Waals surface area contributed by atoms with Crippen molar-refractivity contribution in [1.82, 2.24) is 15.0 Å². The molecule has 1 atom stereocenters. The average Bonchev–Trinajstić information content (AvgIpc) is 3.15. The van der Waals surface area contributed by atoms with Crippen LogP contribution in [0.2, 0.25) is 5.02 Å². The van der Waals surface area contributed by atoms with Gasteiger partial charge in [-0.15, -0.1) is 0 Å². The molecule has 0 saturated heterocycles. The van der Waals surface area contributed by atoms with Gasteiger partial charge in [0.25, 0.3) is 0 Å². The molecule has 158 valence electrons. The number of carbonyl (C=O) groups excluding carboxylic acids is 1. The monoisotopic (exact) mass is 448 g/mol. The minimum Gasteiger partial charge on any atom is -0.337 e. The number of benzene rings is 2. The van der Waals surface area contributed by atoms with E-state index in [1.165, 1.54) is 17.9 Å². The van der Waals surface area contributed by atoms with Gasteiger partial charge in [0.1, 0.15) is 6.04 Å². The Morgan fingerprint density at radius 1 is 1.17 bits per heavy atom. The van der Waals surface area contributed by atoms with Crippen LogP contribution in [0.3, 0.4) is 0 Å². The fraction of sp³-hybridized carbons (Fsp3) is 0.250. The Bertz CT molecular complexity index is 1130. The third kappa shape index (κ3) is 4.98. The lowest BCUT2D eigenvalue weighted by Crippen LogP contribution is -2.48. The molecule has 8 nitrogen and oxygen atoms in total. The molecule has 0 bridgehead atoms. The third-order valence-corrected chi connectivity index (χ3v) is 5.85. The summed E-state index contributed by atoms with van der Waals surface area (Å²) in [4.78, 5) is 18.6. The van der Waals surface area contributed by atoms with Gasteiger partial charge in [-0.05, 0) is 25.1 Å². The molecule has 1 amide bonds. The molecule has 0 aliphatic heterocycles. The number of amides is 1. The summed E-state index contributed by atoms with van der Waals surface area (Å²) in [6, 6.07) is 14.6. The molecule has 1 aromatic heterocycles. The topological polar surface area (TPSA) is 96.6 Å². The van der Waals surface area contributed by atoms with E-state index in [0.717, 1.165) is 16.1 Å².